The van der Waals surface area contributed by atoms with Crippen LogP contribution in [0.2, 0.25) is 0 Å². The SMILES string of the molecule is CCOc1nc(NC2CC(OCC)C2(C)C)ccc1N. The maximum Gasteiger partial charge on any atom is 0.239 e. The van der Waals surface area contributed by atoms with E-state index in [4.69, 9.17) is 15.2 Å². The maximum absolute atomic E-state index is 5.83. The molecule has 1 aliphatic rings. The quantitative estimate of drug-likeness (QED) is 0.838. The van der Waals surface area contributed by atoms with Gasteiger partial charge < -0.3 is 20.5 Å². The standard InChI is InChI=1S/C15H25N3O2/c1-5-19-12-9-11(15(12,3)4)17-13-8-7-10(16)14(18-13)20-6-2/h7-8,11-12H,5-6,9,16H2,1-4H3,(H,17,18). The predicted octanol–water partition coefficient (Wildman–Crippen LogP) is 2.68. The Morgan fingerprint density at radius 1 is 1.35 bits per heavy atom. The lowest BCUT2D eigenvalue weighted by atomic mass is 9.64. The lowest BCUT2D eigenvalue weighted by Gasteiger charge is -2.51. The first-order valence-corrected chi connectivity index (χ1v) is 7.26. The largest absolute Gasteiger partial charge is 0.476 e. The number of anilines is 2. The van der Waals surface area contributed by atoms with E-state index in [1.807, 2.05) is 26.0 Å². The lowest BCUT2D eigenvalue weighted by molar-refractivity contribution is -0.0976. The molecule has 1 fully saturated rings. The summed E-state index contributed by atoms with van der Waals surface area (Å²) >= 11 is 0. The number of hydrogen-bond acceptors (Lipinski definition) is 5. The van der Waals surface area contributed by atoms with Gasteiger partial charge in [-0.1, -0.05) is 13.8 Å². The van der Waals surface area contributed by atoms with Crippen molar-refractivity contribution in [1.82, 2.24) is 4.98 Å². The maximum atomic E-state index is 5.83. The van der Waals surface area contributed by atoms with Crippen molar-refractivity contribution in [2.75, 3.05) is 24.3 Å². The first-order chi connectivity index (χ1) is 9.48. The number of nitrogens with two attached hydrogens (primary N) is 1. The molecule has 1 aromatic heterocycles. The third kappa shape index (κ3) is 2.82. The minimum absolute atomic E-state index is 0.102. The Morgan fingerprint density at radius 3 is 2.70 bits per heavy atom. The number of nitrogens with zero attached hydrogens (tertiary/aromatic N) is 1. The molecule has 0 radical (unpaired) electrons. The highest BCUT2D eigenvalue weighted by atomic mass is 16.5. The molecule has 1 aromatic rings. The molecule has 2 unspecified atom stereocenters. The molecular formula is C15H25N3O2. The van der Waals surface area contributed by atoms with Gasteiger partial charge >= 0.3 is 0 Å². The van der Waals surface area contributed by atoms with Gasteiger partial charge in [-0.3, -0.25) is 0 Å². The first kappa shape index (κ1) is 14.9. The summed E-state index contributed by atoms with van der Waals surface area (Å²) in [5.74, 6) is 1.30. The van der Waals surface area contributed by atoms with E-state index in [1.54, 1.807) is 0 Å². The van der Waals surface area contributed by atoms with Gasteiger partial charge in [-0.25, -0.2) is 0 Å². The highest BCUT2D eigenvalue weighted by Crippen LogP contribution is 2.44. The van der Waals surface area contributed by atoms with E-state index < -0.39 is 0 Å². The number of pyridine rings is 1. The average molecular weight is 279 g/mol. The van der Waals surface area contributed by atoms with E-state index in [9.17, 15) is 0 Å². The average Bonchev–Trinajstić information content (AvgIpc) is 2.41. The van der Waals surface area contributed by atoms with Crippen molar-refractivity contribution in [1.29, 1.82) is 0 Å². The van der Waals surface area contributed by atoms with E-state index in [-0.39, 0.29) is 5.41 Å². The van der Waals surface area contributed by atoms with Crippen LogP contribution in [0.15, 0.2) is 12.1 Å². The topological polar surface area (TPSA) is 69.4 Å². The number of rotatable bonds is 6. The van der Waals surface area contributed by atoms with E-state index in [0.29, 0.717) is 30.3 Å². The van der Waals surface area contributed by atoms with Crippen LogP contribution in [-0.2, 0) is 4.74 Å². The normalized spacial score (nSPS) is 24.0. The van der Waals surface area contributed by atoms with Gasteiger partial charge in [0.2, 0.25) is 5.88 Å². The molecule has 0 aliphatic heterocycles. The van der Waals surface area contributed by atoms with Crippen LogP contribution in [0, 0.1) is 5.41 Å². The number of hydrogen-bond donors (Lipinski definition) is 2. The second-order valence-corrected chi connectivity index (χ2v) is 5.72. The fraction of sp³-hybridized carbons (Fsp3) is 0.667. The van der Waals surface area contributed by atoms with Gasteiger partial charge in [0.15, 0.2) is 0 Å². The van der Waals surface area contributed by atoms with Crippen molar-refractivity contribution in [2.45, 2.75) is 46.3 Å². The van der Waals surface area contributed by atoms with Crippen LogP contribution in [-0.4, -0.2) is 30.3 Å². The number of aromatic nitrogens is 1. The predicted molar refractivity (Wildman–Crippen MR) is 81.0 cm³/mol. The highest BCUT2D eigenvalue weighted by Gasteiger charge is 2.49. The molecule has 5 heteroatoms. The smallest absolute Gasteiger partial charge is 0.239 e. The zero-order valence-corrected chi connectivity index (χ0v) is 12.8. The van der Waals surface area contributed by atoms with Crippen LogP contribution < -0.4 is 15.8 Å². The summed E-state index contributed by atoms with van der Waals surface area (Å²) in [5.41, 5.74) is 6.50. The van der Waals surface area contributed by atoms with Gasteiger partial charge in [-0.05, 0) is 32.4 Å². The Hall–Kier alpha value is -1.49. The molecule has 2 rings (SSSR count). The van der Waals surface area contributed by atoms with E-state index in [0.717, 1.165) is 18.8 Å². The third-order valence-corrected chi connectivity index (χ3v) is 4.04. The molecule has 1 heterocycles. The summed E-state index contributed by atoms with van der Waals surface area (Å²) in [7, 11) is 0. The van der Waals surface area contributed by atoms with Crippen LogP contribution in [0.5, 0.6) is 5.88 Å². The summed E-state index contributed by atoms with van der Waals surface area (Å²) in [4.78, 5) is 4.42. The van der Waals surface area contributed by atoms with Crippen LogP contribution in [0.3, 0.4) is 0 Å². The monoisotopic (exact) mass is 279 g/mol. The molecule has 0 spiro atoms. The fourth-order valence-electron chi connectivity index (χ4n) is 2.58. The Bertz CT molecular complexity index is 462. The molecule has 112 valence electrons. The van der Waals surface area contributed by atoms with Crippen molar-refractivity contribution < 1.29 is 9.47 Å². The summed E-state index contributed by atoms with van der Waals surface area (Å²) in [5, 5.41) is 3.46. The van der Waals surface area contributed by atoms with Gasteiger partial charge in [0.05, 0.1) is 18.4 Å². The number of nitrogens with one attached hydrogen (secondary N) is 1. The van der Waals surface area contributed by atoms with Crippen LogP contribution >= 0.6 is 0 Å². The fourth-order valence-corrected chi connectivity index (χ4v) is 2.58. The first-order valence-electron chi connectivity index (χ1n) is 7.26. The Morgan fingerprint density at radius 2 is 2.10 bits per heavy atom. The van der Waals surface area contributed by atoms with E-state index >= 15 is 0 Å². The van der Waals surface area contributed by atoms with Gasteiger partial charge in [-0.15, -0.1) is 0 Å². The number of nitrogen functional groups attached to an aromatic ring is 1. The van der Waals surface area contributed by atoms with E-state index in [2.05, 4.69) is 24.1 Å². The van der Waals surface area contributed by atoms with Crippen LogP contribution in [0.25, 0.3) is 0 Å². The Balaban J connectivity index is 2.03. The summed E-state index contributed by atoms with van der Waals surface area (Å²) in [6, 6.07) is 4.07. The molecule has 20 heavy (non-hydrogen) atoms. The highest BCUT2D eigenvalue weighted by molar-refractivity contribution is 5.54. The lowest BCUT2D eigenvalue weighted by Crippen LogP contribution is -2.58. The van der Waals surface area contributed by atoms with Crippen molar-refractivity contribution in [3.63, 3.8) is 0 Å². The minimum atomic E-state index is 0.102. The Kier molecular flexibility index (Phi) is 4.38. The van der Waals surface area contributed by atoms with Gasteiger partial charge in [0, 0.05) is 18.1 Å². The van der Waals surface area contributed by atoms with Crippen molar-refractivity contribution in [3.8, 4) is 5.88 Å². The van der Waals surface area contributed by atoms with Crippen molar-refractivity contribution in [2.24, 2.45) is 5.41 Å². The Labute approximate surface area is 120 Å². The van der Waals surface area contributed by atoms with Gasteiger partial charge in [0.25, 0.3) is 0 Å². The molecule has 5 nitrogen and oxygen atoms in total. The third-order valence-electron chi connectivity index (χ3n) is 4.04. The molecule has 0 bridgehead atoms. The van der Waals surface area contributed by atoms with E-state index in [1.165, 1.54) is 0 Å². The second-order valence-electron chi connectivity index (χ2n) is 5.72. The summed E-state index contributed by atoms with van der Waals surface area (Å²) < 4.78 is 11.2. The summed E-state index contributed by atoms with van der Waals surface area (Å²) in [6.45, 7) is 9.71. The second kappa shape index (κ2) is 5.87. The van der Waals surface area contributed by atoms with Gasteiger partial charge in [-0.2, -0.15) is 4.98 Å². The zero-order chi connectivity index (χ0) is 14.8. The van der Waals surface area contributed by atoms with Crippen LogP contribution in [0.4, 0.5) is 11.5 Å². The minimum Gasteiger partial charge on any atom is -0.476 e. The van der Waals surface area contributed by atoms with Gasteiger partial charge in [0.1, 0.15) is 5.82 Å². The zero-order valence-electron chi connectivity index (χ0n) is 12.8. The molecule has 0 saturated heterocycles. The molecule has 2 atom stereocenters. The number of ether oxygens (including phenoxy) is 2. The molecule has 1 saturated carbocycles. The van der Waals surface area contributed by atoms with Crippen molar-refractivity contribution in [3.05, 3.63) is 12.1 Å². The molecule has 0 amide bonds. The van der Waals surface area contributed by atoms with Crippen molar-refractivity contribution >= 4 is 11.5 Å². The molecule has 1 aliphatic carbocycles. The van der Waals surface area contributed by atoms with Crippen LogP contribution in [0.1, 0.15) is 34.1 Å². The summed E-state index contributed by atoms with van der Waals surface area (Å²) in [6.07, 6.45) is 1.31. The molecular weight excluding hydrogens is 254 g/mol. The molecule has 3 N–H and O–H groups in total. The molecule has 0 aromatic carbocycles.